The molecule has 0 bridgehead atoms. The maximum absolute atomic E-state index is 8.69. The third-order valence-electron chi connectivity index (χ3n) is 2.77. The smallest absolute Gasteiger partial charge is 0.127 e. The number of hydrogen-bond donors (Lipinski definition) is 2. The summed E-state index contributed by atoms with van der Waals surface area (Å²) >= 11 is 0. The second-order valence-corrected chi connectivity index (χ2v) is 4.33. The summed E-state index contributed by atoms with van der Waals surface area (Å²) in [7, 11) is 1.63. The molecule has 0 heterocycles. The van der Waals surface area contributed by atoms with E-state index >= 15 is 0 Å². The zero-order valence-electron chi connectivity index (χ0n) is 11.2. The molecular weight excluding hydrogens is 230 g/mol. The van der Waals surface area contributed by atoms with Crippen LogP contribution in [0.1, 0.15) is 37.8 Å². The van der Waals surface area contributed by atoms with Crippen LogP contribution in [-0.2, 0) is 0 Å². The minimum Gasteiger partial charge on any atom is -0.497 e. The Bertz CT molecular complexity index is 353. The SMILES string of the molecule is COc1ccc([C@H](C)N)c(OCCCCCO)c1. The van der Waals surface area contributed by atoms with Gasteiger partial charge in [-0.3, -0.25) is 0 Å². The second kappa shape index (κ2) is 7.95. The molecule has 1 atom stereocenters. The normalized spacial score (nSPS) is 12.2. The van der Waals surface area contributed by atoms with Gasteiger partial charge in [-0.25, -0.2) is 0 Å². The zero-order valence-corrected chi connectivity index (χ0v) is 11.2. The lowest BCUT2D eigenvalue weighted by molar-refractivity contribution is 0.264. The molecule has 0 saturated heterocycles. The first kappa shape index (κ1) is 14.8. The van der Waals surface area contributed by atoms with E-state index in [1.807, 2.05) is 25.1 Å². The van der Waals surface area contributed by atoms with Gasteiger partial charge in [-0.15, -0.1) is 0 Å². The van der Waals surface area contributed by atoms with Gasteiger partial charge in [-0.2, -0.15) is 0 Å². The molecule has 1 aromatic rings. The van der Waals surface area contributed by atoms with Gasteiger partial charge in [0, 0.05) is 24.3 Å². The number of aliphatic hydroxyl groups is 1. The quantitative estimate of drug-likeness (QED) is 0.697. The fourth-order valence-electron chi connectivity index (χ4n) is 1.72. The van der Waals surface area contributed by atoms with Crippen molar-refractivity contribution >= 4 is 0 Å². The van der Waals surface area contributed by atoms with Gasteiger partial charge in [0.25, 0.3) is 0 Å². The number of nitrogens with two attached hydrogens (primary N) is 1. The van der Waals surface area contributed by atoms with Gasteiger partial charge in [-0.05, 0) is 32.3 Å². The van der Waals surface area contributed by atoms with Gasteiger partial charge < -0.3 is 20.3 Å². The van der Waals surface area contributed by atoms with E-state index in [0.29, 0.717) is 6.61 Å². The summed E-state index contributed by atoms with van der Waals surface area (Å²) in [5.74, 6) is 1.55. The van der Waals surface area contributed by atoms with Crippen LogP contribution in [-0.4, -0.2) is 25.4 Å². The molecule has 4 heteroatoms. The lowest BCUT2D eigenvalue weighted by Crippen LogP contribution is -2.09. The van der Waals surface area contributed by atoms with Crippen molar-refractivity contribution < 1.29 is 14.6 Å². The number of rotatable bonds is 8. The van der Waals surface area contributed by atoms with Crippen LogP contribution in [0.5, 0.6) is 11.5 Å². The third-order valence-corrected chi connectivity index (χ3v) is 2.77. The Morgan fingerprint density at radius 1 is 1.28 bits per heavy atom. The summed E-state index contributed by atoms with van der Waals surface area (Å²) in [5, 5.41) is 8.69. The van der Waals surface area contributed by atoms with Crippen LogP contribution in [0, 0.1) is 0 Å². The minimum absolute atomic E-state index is 0.0663. The van der Waals surface area contributed by atoms with Crippen LogP contribution in [0.15, 0.2) is 18.2 Å². The average molecular weight is 253 g/mol. The Morgan fingerprint density at radius 2 is 2.06 bits per heavy atom. The van der Waals surface area contributed by atoms with Crippen LogP contribution >= 0.6 is 0 Å². The van der Waals surface area contributed by atoms with Crippen molar-refractivity contribution in [1.29, 1.82) is 0 Å². The van der Waals surface area contributed by atoms with Crippen molar-refractivity contribution in [2.24, 2.45) is 5.73 Å². The van der Waals surface area contributed by atoms with Crippen molar-refractivity contribution in [1.82, 2.24) is 0 Å². The average Bonchev–Trinajstić information content (AvgIpc) is 2.38. The summed E-state index contributed by atoms with van der Waals surface area (Å²) in [6.07, 6.45) is 2.71. The molecule has 0 spiro atoms. The fraction of sp³-hybridized carbons (Fsp3) is 0.571. The molecule has 0 aromatic heterocycles. The monoisotopic (exact) mass is 253 g/mol. The van der Waals surface area contributed by atoms with Crippen LogP contribution in [0.2, 0.25) is 0 Å². The van der Waals surface area contributed by atoms with Crippen LogP contribution in [0.25, 0.3) is 0 Å². The first-order valence-corrected chi connectivity index (χ1v) is 6.36. The summed E-state index contributed by atoms with van der Waals surface area (Å²) in [5.41, 5.74) is 6.89. The summed E-state index contributed by atoms with van der Waals surface area (Å²) < 4.78 is 10.9. The Hall–Kier alpha value is -1.26. The molecule has 0 unspecified atom stereocenters. The molecule has 0 saturated carbocycles. The highest BCUT2D eigenvalue weighted by Gasteiger charge is 2.09. The van der Waals surface area contributed by atoms with Crippen LogP contribution in [0.4, 0.5) is 0 Å². The Labute approximate surface area is 109 Å². The minimum atomic E-state index is -0.0663. The van der Waals surface area contributed by atoms with E-state index in [9.17, 15) is 0 Å². The van der Waals surface area contributed by atoms with Gasteiger partial charge in [0.1, 0.15) is 11.5 Å². The molecule has 18 heavy (non-hydrogen) atoms. The number of ether oxygens (including phenoxy) is 2. The highest BCUT2D eigenvalue weighted by molar-refractivity contribution is 5.42. The first-order valence-electron chi connectivity index (χ1n) is 6.36. The number of unbranched alkanes of at least 4 members (excludes halogenated alkanes) is 2. The molecule has 4 nitrogen and oxygen atoms in total. The number of methoxy groups -OCH3 is 1. The van der Waals surface area contributed by atoms with Crippen molar-refractivity contribution in [2.45, 2.75) is 32.2 Å². The summed E-state index contributed by atoms with van der Waals surface area (Å²) in [4.78, 5) is 0. The van der Waals surface area contributed by atoms with E-state index in [0.717, 1.165) is 36.3 Å². The molecule has 0 amide bonds. The molecule has 102 valence electrons. The Balaban J connectivity index is 2.60. The van der Waals surface area contributed by atoms with E-state index in [1.165, 1.54) is 0 Å². The molecule has 1 rings (SSSR count). The van der Waals surface area contributed by atoms with E-state index in [-0.39, 0.29) is 12.6 Å². The first-order chi connectivity index (χ1) is 8.69. The van der Waals surface area contributed by atoms with Crippen molar-refractivity contribution in [3.63, 3.8) is 0 Å². The fourth-order valence-corrected chi connectivity index (χ4v) is 1.72. The molecule has 0 aliphatic rings. The molecule has 0 aliphatic carbocycles. The Morgan fingerprint density at radius 3 is 2.67 bits per heavy atom. The van der Waals surface area contributed by atoms with Gasteiger partial charge in [-0.1, -0.05) is 6.07 Å². The van der Waals surface area contributed by atoms with Gasteiger partial charge >= 0.3 is 0 Å². The summed E-state index contributed by atoms with van der Waals surface area (Å²) in [6.45, 7) is 2.80. The van der Waals surface area contributed by atoms with Crippen LogP contribution < -0.4 is 15.2 Å². The van der Waals surface area contributed by atoms with Gasteiger partial charge in [0.05, 0.1) is 13.7 Å². The molecule has 0 aliphatic heterocycles. The lowest BCUT2D eigenvalue weighted by atomic mass is 10.1. The molecule has 0 fully saturated rings. The molecule has 1 aromatic carbocycles. The van der Waals surface area contributed by atoms with Gasteiger partial charge in [0.2, 0.25) is 0 Å². The Kier molecular flexibility index (Phi) is 6.54. The maximum atomic E-state index is 8.69. The highest BCUT2D eigenvalue weighted by atomic mass is 16.5. The topological polar surface area (TPSA) is 64.7 Å². The maximum Gasteiger partial charge on any atom is 0.127 e. The number of benzene rings is 1. The highest BCUT2D eigenvalue weighted by Crippen LogP contribution is 2.28. The second-order valence-electron chi connectivity index (χ2n) is 4.33. The van der Waals surface area contributed by atoms with Crippen molar-refractivity contribution in [3.8, 4) is 11.5 Å². The zero-order chi connectivity index (χ0) is 13.4. The number of hydrogen-bond acceptors (Lipinski definition) is 4. The third kappa shape index (κ3) is 4.55. The van der Waals surface area contributed by atoms with E-state index < -0.39 is 0 Å². The number of aliphatic hydroxyl groups excluding tert-OH is 1. The van der Waals surface area contributed by atoms with E-state index in [2.05, 4.69) is 0 Å². The van der Waals surface area contributed by atoms with Gasteiger partial charge in [0.15, 0.2) is 0 Å². The largest absolute Gasteiger partial charge is 0.497 e. The predicted molar refractivity (Wildman–Crippen MR) is 72.0 cm³/mol. The van der Waals surface area contributed by atoms with Crippen molar-refractivity contribution in [2.75, 3.05) is 20.3 Å². The lowest BCUT2D eigenvalue weighted by Gasteiger charge is -2.15. The van der Waals surface area contributed by atoms with E-state index in [4.69, 9.17) is 20.3 Å². The molecule has 0 radical (unpaired) electrons. The van der Waals surface area contributed by atoms with Crippen LogP contribution in [0.3, 0.4) is 0 Å². The predicted octanol–water partition coefficient (Wildman–Crippen LogP) is 2.26. The molecule has 3 N–H and O–H groups in total. The standard InChI is InChI=1S/C14H23NO3/c1-11(15)13-7-6-12(17-2)10-14(13)18-9-5-3-4-8-16/h6-7,10-11,16H,3-5,8-9,15H2,1-2H3/t11-/m0/s1. The summed E-state index contributed by atoms with van der Waals surface area (Å²) in [6, 6.07) is 5.62. The molecular formula is C14H23NO3. The van der Waals surface area contributed by atoms with Crippen molar-refractivity contribution in [3.05, 3.63) is 23.8 Å². The van der Waals surface area contributed by atoms with E-state index in [1.54, 1.807) is 7.11 Å².